The number of carbonyl (C=O) groups is 1. The molecule has 2 aliphatic rings. The van der Waals surface area contributed by atoms with Crippen LogP contribution in [-0.4, -0.2) is 140 Å². The summed E-state index contributed by atoms with van der Waals surface area (Å²) < 4.78 is 22.8. The van der Waals surface area contributed by atoms with Crippen molar-refractivity contribution in [2.45, 2.75) is 331 Å². The van der Waals surface area contributed by atoms with Gasteiger partial charge in [0.05, 0.1) is 32.0 Å². The minimum absolute atomic E-state index is 0.255. The van der Waals surface area contributed by atoms with Crippen LogP contribution in [-0.2, 0) is 23.7 Å². The van der Waals surface area contributed by atoms with Crippen LogP contribution < -0.4 is 5.32 Å². The first-order valence-electron chi connectivity index (χ1n) is 35.1. The van der Waals surface area contributed by atoms with Gasteiger partial charge in [-0.05, 0) is 89.9 Å². The molecule has 0 spiro atoms. The Morgan fingerprint density at radius 2 is 0.795 bits per heavy atom. The summed E-state index contributed by atoms with van der Waals surface area (Å²) in [6, 6.07) is -0.941. The minimum Gasteiger partial charge on any atom is -0.394 e. The summed E-state index contributed by atoms with van der Waals surface area (Å²) in [7, 11) is 0. The number of carbonyl (C=O) groups excluding carboxylic acids is 1. The Bertz CT molecular complexity index is 1890. The average Bonchev–Trinajstić information content (AvgIpc) is 2.07. The molecule has 9 N–H and O–H groups in total. The van der Waals surface area contributed by atoms with Gasteiger partial charge in [0.1, 0.15) is 48.8 Å². The number of unbranched alkanes of at least 4 members (excludes halogenated alkanes) is 27. The van der Waals surface area contributed by atoms with E-state index in [2.05, 4.69) is 116 Å². The van der Waals surface area contributed by atoms with Gasteiger partial charge in [-0.25, -0.2) is 0 Å². The lowest BCUT2D eigenvalue weighted by molar-refractivity contribution is -0.359. The van der Waals surface area contributed by atoms with Crippen LogP contribution in [0.15, 0.2) is 109 Å². The molecule has 0 saturated carbocycles. The lowest BCUT2D eigenvalue weighted by Crippen LogP contribution is -2.65. The van der Waals surface area contributed by atoms with E-state index in [1.807, 2.05) is 6.08 Å². The highest BCUT2D eigenvalue weighted by Gasteiger charge is 2.51. The second-order valence-electron chi connectivity index (χ2n) is 24.3. The Balaban J connectivity index is 1.69. The van der Waals surface area contributed by atoms with Gasteiger partial charge in [0.2, 0.25) is 5.91 Å². The van der Waals surface area contributed by atoms with Crippen LogP contribution in [0, 0.1) is 0 Å². The molecule has 0 aromatic rings. The summed E-state index contributed by atoms with van der Waals surface area (Å²) in [6.07, 6.45) is 65.6. The molecule has 2 saturated heterocycles. The first kappa shape index (κ1) is 80.7. The Labute approximate surface area is 534 Å². The van der Waals surface area contributed by atoms with E-state index in [-0.39, 0.29) is 18.9 Å². The largest absolute Gasteiger partial charge is 0.394 e. The summed E-state index contributed by atoms with van der Waals surface area (Å²) >= 11 is 0. The first-order valence-corrected chi connectivity index (χ1v) is 35.1. The van der Waals surface area contributed by atoms with Crippen molar-refractivity contribution in [3.63, 3.8) is 0 Å². The van der Waals surface area contributed by atoms with Crippen molar-refractivity contribution in [3.05, 3.63) is 109 Å². The molecular formula is C74H127NO13. The van der Waals surface area contributed by atoms with Gasteiger partial charge in [0.25, 0.3) is 0 Å². The highest BCUT2D eigenvalue weighted by molar-refractivity contribution is 5.76. The van der Waals surface area contributed by atoms with Crippen LogP contribution in [0.2, 0.25) is 0 Å². The predicted octanol–water partition coefficient (Wildman–Crippen LogP) is 14.3. The number of rotatable bonds is 56. The number of nitrogens with one attached hydrogen (secondary N) is 1. The summed E-state index contributed by atoms with van der Waals surface area (Å²) in [5.74, 6) is -0.255. The summed E-state index contributed by atoms with van der Waals surface area (Å²) in [5, 5.41) is 87.4. The number of aliphatic hydroxyl groups excluding tert-OH is 8. The topological polar surface area (TPSA) is 228 Å². The molecule has 12 atom stereocenters. The van der Waals surface area contributed by atoms with Crippen molar-refractivity contribution in [1.82, 2.24) is 5.32 Å². The van der Waals surface area contributed by atoms with E-state index in [1.165, 1.54) is 141 Å². The van der Waals surface area contributed by atoms with E-state index in [0.29, 0.717) is 12.8 Å². The molecule has 14 heteroatoms. The lowest BCUT2D eigenvalue weighted by Gasteiger charge is -2.46. The highest BCUT2D eigenvalue weighted by Crippen LogP contribution is 2.30. The van der Waals surface area contributed by atoms with Crippen LogP contribution in [0.3, 0.4) is 0 Å². The number of hydrogen-bond donors (Lipinski definition) is 9. The van der Waals surface area contributed by atoms with E-state index in [4.69, 9.17) is 18.9 Å². The number of amides is 1. The molecule has 2 rings (SSSR count). The SMILES string of the molecule is CC/C=C\C/C=C\C/C=C\C/C=C\C/C=C\C/C=C\C/C=C\CCCCCCCCCCCCCC(=O)NC(COC1OC(CO)C(OC2OC(CO)C(O)C(O)C2O)C(O)C1O)C(O)/C=C/CC/C=C/CCCCCCCCCCCCCCCCC. The third-order valence-corrected chi connectivity index (χ3v) is 16.4. The lowest BCUT2D eigenvalue weighted by atomic mass is 9.97. The molecule has 88 heavy (non-hydrogen) atoms. The third kappa shape index (κ3) is 41.2. The van der Waals surface area contributed by atoms with Crippen molar-refractivity contribution in [3.8, 4) is 0 Å². The van der Waals surface area contributed by atoms with Gasteiger partial charge in [0, 0.05) is 6.42 Å². The molecule has 506 valence electrons. The van der Waals surface area contributed by atoms with Crippen molar-refractivity contribution < 1.29 is 64.6 Å². The van der Waals surface area contributed by atoms with Gasteiger partial charge in [-0.2, -0.15) is 0 Å². The van der Waals surface area contributed by atoms with E-state index >= 15 is 0 Å². The molecule has 2 heterocycles. The number of aliphatic hydroxyl groups is 8. The molecule has 1 amide bonds. The molecule has 0 bridgehead atoms. The van der Waals surface area contributed by atoms with Crippen LogP contribution in [0.4, 0.5) is 0 Å². The summed E-state index contributed by atoms with van der Waals surface area (Å²) in [4.78, 5) is 13.3. The van der Waals surface area contributed by atoms with Crippen LogP contribution in [0.5, 0.6) is 0 Å². The average molecular weight is 1240 g/mol. The van der Waals surface area contributed by atoms with Crippen LogP contribution in [0.1, 0.15) is 258 Å². The van der Waals surface area contributed by atoms with Gasteiger partial charge in [-0.15, -0.1) is 0 Å². The number of ether oxygens (including phenoxy) is 4. The van der Waals surface area contributed by atoms with Gasteiger partial charge in [0.15, 0.2) is 12.6 Å². The summed E-state index contributed by atoms with van der Waals surface area (Å²) in [6.45, 7) is 2.68. The molecule has 0 radical (unpaired) electrons. The van der Waals surface area contributed by atoms with Gasteiger partial charge < -0.3 is 65.1 Å². The maximum Gasteiger partial charge on any atom is 0.220 e. The molecule has 14 nitrogen and oxygen atoms in total. The van der Waals surface area contributed by atoms with E-state index < -0.39 is 86.8 Å². The predicted molar refractivity (Wildman–Crippen MR) is 359 cm³/mol. The first-order chi connectivity index (χ1) is 43.1. The van der Waals surface area contributed by atoms with Gasteiger partial charge in [-0.3, -0.25) is 4.79 Å². The second-order valence-corrected chi connectivity index (χ2v) is 24.3. The zero-order valence-electron chi connectivity index (χ0n) is 54.9. The molecule has 0 aliphatic carbocycles. The smallest absolute Gasteiger partial charge is 0.220 e. The fourth-order valence-electron chi connectivity index (χ4n) is 10.9. The van der Waals surface area contributed by atoms with Crippen molar-refractivity contribution in [2.24, 2.45) is 0 Å². The normalized spacial score (nSPS) is 23.8. The Kier molecular flexibility index (Phi) is 52.8. The number of hydrogen-bond acceptors (Lipinski definition) is 13. The summed E-state index contributed by atoms with van der Waals surface area (Å²) in [5.41, 5.74) is 0. The van der Waals surface area contributed by atoms with Crippen molar-refractivity contribution in [1.29, 1.82) is 0 Å². The van der Waals surface area contributed by atoms with Crippen LogP contribution >= 0.6 is 0 Å². The maximum atomic E-state index is 13.3. The van der Waals surface area contributed by atoms with Gasteiger partial charge in [-0.1, -0.05) is 271 Å². The third-order valence-electron chi connectivity index (χ3n) is 16.4. The van der Waals surface area contributed by atoms with E-state index in [1.54, 1.807) is 6.08 Å². The fourth-order valence-corrected chi connectivity index (χ4v) is 10.9. The second kappa shape index (κ2) is 57.5. The minimum atomic E-state index is -1.80. The fraction of sp³-hybridized carbons (Fsp3) is 0.743. The van der Waals surface area contributed by atoms with E-state index in [0.717, 1.165) is 83.5 Å². The zero-order chi connectivity index (χ0) is 63.8. The standard InChI is InChI=1S/C74H127NO13/c1-3-5-7-9-11-13-15-17-19-21-23-25-26-27-28-29-30-31-32-33-34-35-36-38-40-42-44-46-48-50-52-54-56-58-66(79)75-62(63(78)57-55-53-51-49-47-45-43-41-39-37-24-22-20-18-16-14-12-10-8-6-4-2)61-85-73-71(84)69(82)72(65(60-77)87-73)88-74-70(83)68(81)67(80)64(59-76)86-74/h5,7,11,13,17,19,23,25,27-28,30-31,33-34,47,49,55,57,62-65,67-74,76-78,80-84H,3-4,6,8-10,12,14-16,18,20-22,24,26,29,32,35-46,48,50-54,56,58-61H2,1-2H3,(H,75,79)/b7-5-,13-11-,19-17-,25-23-,28-27-,31-30-,34-33-,49-47+,57-55+. The van der Waals surface area contributed by atoms with E-state index in [9.17, 15) is 45.6 Å². The number of allylic oxidation sites excluding steroid dienone is 17. The Morgan fingerprint density at radius 3 is 1.25 bits per heavy atom. The van der Waals surface area contributed by atoms with Crippen molar-refractivity contribution >= 4 is 5.91 Å². The highest BCUT2D eigenvalue weighted by atomic mass is 16.7. The maximum absolute atomic E-state index is 13.3. The molecule has 2 fully saturated rings. The zero-order valence-corrected chi connectivity index (χ0v) is 54.9. The Hall–Kier alpha value is -3.35. The van der Waals surface area contributed by atoms with Gasteiger partial charge >= 0.3 is 0 Å². The molecule has 0 aromatic carbocycles. The quantitative estimate of drug-likeness (QED) is 0.0204. The Morgan fingerprint density at radius 1 is 0.420 bits per heavy atom. The molecule has 0 aromatic heterocycles. The molecular weight excluding hydrogens is 1110 g/mol. The van der Waals surface area contributed by atoms with Crippen LogP contribution in [0.25, 0.3) is 0 Å². The molecule has 12 unspecified atom stereocenters. The van der Waals surface area contributed by atoms with Crippen molar-refractivity contribution in [2.75, 3.05) is 19.8 Å². The monoisotopic (exact) mass is 1240 g/mol. The molecule has 2 aliphatic heterocycles.